The van der Waals surface area contributed by atoms with Crippen LogP contribution >= 0.6 is 0 Å². The second kappa shape index (κ2) is 9.89. The maximum absolute atomic E-state index is 13.0. The molecule has 0 saturated carbocycles. The highest BCUT2D eigenvalue weighted by molar-refractivity contribution is 5.96. The Morgan fingerprint density at radius 2 is 1.96 bits per heavy atom. The molecular weight excluding hydrogens is 288 g/mol. The second-order valence-electron chi connectivity index (χ2n) is 6.61. The fraction of sp³-hybridized carbons (Fsp3) is 0.737. The van der Waals surface area contributed by atoms with Crippen LogP contribution in [0, 0.1) is 5.92 Å². The summed E-state index contributed by atoms with van der Waals surface area (Å²) in [4.78, 5) is 17.1. The fourth-order valence-electron chi connectivity index (χ4n) is 3.18. The van der Waals surface area contributed by atoms with Gasteiger partial charge in [0.2, 0.25) is 0 Å². The number of carbonyl (C=O) groups excluding carboxylic acids is 1. The molecule has 0 aromatic rings. The van der Waals surface area contributed by atoms with E-state index in [1.54, 1.807) is 0 Å². The van der Waals surface area contributed by atoms with Gasteiger partial charge < -0.3 is 10.0 Å². The Hall–Kier alpha value is -1.13. The molecule has 1 heterocycles. The van der Waals surface area contributed by atoms with Crippen LogP contribution in [0.1, 0.15) is 47.5 Å². The van der Waals surface area contributed by atoms with Crippen molar-refractivity contribution < 1.29 is 9.90 Å². The summed E-state index contributed by atoms with van der Waals surface area (Å²) in [7, 11) is 0. The van der Waals surface area contributed by atoms with Gasteiger partial charge in [-0.15, -0.1) is 0 Å². The molecule has 1 amide bonds. The number of hydrogen-bond donors (Lipinski definition) is 1. The lowest BCUT2D eigenvalue weighted by Gasteiger charge is -2.33. The molecule has 3 atom stereocenters. The molecule has 0 radical (unpaired) electrons. The van der Waals surface area contributed by atoms with Gasteiger partial charge >= 0.3 is 0 Å². The maximum Gasteiger partial charge on any atom is 0.253 e. The fourth-order valence-corrected chi connectivity index (χ4v) is 3.18. The minimum atomic E-state index is -0.482. The molecule has 2 unspecified atom stereocenters. The number of rotatable bonds is 6. The quantitative estimate of drug-likeness (QED) is 0.604. The minimum absolute atomic E-state index is 0.0379. The number of likely N-dealkylation sites (N-methyl/N-ethyl adjacent to an activating group) is 1. The highest BCUT2D eigenvalue weighted by Gasteiger charge is 2.32. The van der Waals surface area contributed by atoms with Crippen LogP contribution in [0.5, 0.6) is 0 Å². The average molecular weight is 322 g/mol. The average Bonchev–Trinajstić information content (AvgIpc) is 2.70. The number of β-amino-alcohol motifs (C(OH)–C–C–N with tert-alkyl or cyclic N) is 1. The van der Waals surface area contributed by atoms with Crippen LogP contribution in [0.25, 0.3) is 0 Å². The third kappa shape index (κ3) is 5.78. The van der Waals surface area contributed by atoms with Crippen molar-refractivity contribution in [3.8, 4) is 0 Å². The molecule has 0 aromatic carbocycles. The molecule has 23 heavy (non-hydrogen) atoms. The van der Waals surface area contributed by atoms with Crippen LogP contribution < -0.4 is 0 Å². The lowest BCUT2D eigenvalue weighted by Crippen LogP contribution is -2.46. The lowest BCUT2D eigenvalue weighted by atomic mass is 9.97. The number of carbonyl (C=O) groups is 1. The van der Waals surface area contributed by atoms with Crippen molar-refractivity contribution in [2.75, 3.05) is 26.2 Å². The van der Waals surface area contributed by atoms with E-state index in [4.69, 9.17) is 0 Å². The first-order chi connectivity index (χ1) is 11.0. The van der Waals surface area contributed by atoms with Gasteiger partial charge in [-0.3, -0.25) is 9.69 Å². The van der Waals surface area contributed by atoms with E-state index in [2.05, 4.69) is 25.7 Å². The summed E-state index contributed by atoms with van der Waals surface area (Å²) in [6.07, 6.45) is 7.22. The van der Waals surface area contributed by atoms with Gasteiger partial charge in [0.15, 0.2) is 0 Å². The van der Waals surface area contributed by atoms with Crippen LogP contribution in [0.15, 0.2) is 23.8 Å². The molecule has 4 heteroatoms. The normalized spacial score (nSPS) is 25.7. The Balaban J connectivity index is 3.06. The van der Waals surface area contributed by atoms with E-state index < -0.39 is 6.10 Å². The van der Waals surface area contributed by atoms with Gasteiger partial charge in [-0.1, -0.05) is 45.4 Å². The Bertz CT molecular complexity index is 431. The van der Waals surface area contributed by atoms with Crippen LogP contribution in [0.3, 0.4) is 0 Å². The zero-order chi connectivity index (χ0) is 17.4. The topological polar surface area (TPSA) is 43.8 Å². The monoisotopic (exact) mass is 322 g/mol. The van der Waals surface area contributed by atoms with Gasteiger partial charge in [0.05, 0.1) is 6.10 Å². The van der Waals surface area contributed by atoms with Crippen molar-refractivity contribution in [1.29, 1.82) is 0 Å². The molecule has 4 nitrogen and oxygen atoms in total. The summed E-state index contributed by atoms with van der Waals surface area (Å²) in [5.41, 5.74) is 0.707. The molecule has 1 aliphatic rings. The van der Waals surface area contributed by atoms with Crippen molar-refractivity contribution in [2.45, 2.75) is 59.6 Å². The Labute approximate surface area is 141 Å². The van der Waals surface area contributed by atoms with E-state index >= 15 is 0 Å². The maximum atomic E-state index is 13.0. The van der Waals surface area contributed by atoms with Crippen molar-refractivity contribution in [2.24, 2.45) is 5.92 Å². The summed E-state index contributed by atoms with van der Waals surface area (Å²) >= 11 is 0. The Kier molecular flexibility index (Phi) is 8.56. The molecule has 1 rings (SSSR count). The van der Waals surface area contributed by atoms with E-state index in [0.717, 1.165) is 25.9 Å². The molecule has 0 aliphatic carbocycles. The third-order valence-electron chi connectivity index (χ3n) is 4.77. The van der Waals surface area contributed by atoms with Crippen LogP contribution in [-0.4, -0.2) is 59.1 Å². The molecule has 0 aromatic heterocycles. The van der Waals surface area contributed by atoms with Crippen molar-refractivity contribution in [1.82, 2.24) is 9.80 Å². The highest BCUT2D eigenvalue weighted by atomic mass is 16.3. The van der Waals surface area contributed by atoms with Crippen LogP contribution in [-0.2, 0) is 4.79 Å². The summed E-state index contributed by atoms with van der Waals surface area (Å²) < 4.78 is 0. The molecule has 0 bridgehead atoms. The second-order valence-corrected chi connectivity index (χ2v) is 6.61. The molecule has 1 fully saturated rings. The Morgan fingerprint density at radius 3 is 2.48 bits per heavy atom. The van der Waals surface area contributed by atoms with Gasteiger partial charge in [-0.05, 0) is 32.7 Å². The number of nitrogens with zero attached hydrogens (tertiary/aromatic N) is 2. The van der Waals surface area contributed by atoms with Crippen molar-refractivity contribution in [3.05, 3.63) is 23.8 Å². The van der Waals surface area contributed by atoms with Gasteiger partial charge in [0.25, 0.3) is 5.91 Å². The first kappa shape index (κ1) is 19.9. The summed E-state index contributed by atoms with van der Waals surface area (Å²) in [6.45, 7) is 13.2. The van der Waals surface area contributed by atoms with E-state index in [1.807, 2.05) is 37.0 Å². The summed E-state index contributed by atoms with van der Waals surface area (Å²) in [5, 5.41) is 10.3. The summed E-state index contributed by atoms with van der Waals surface area (Å²) in [6, 6.07) is 0.162. The van der Waals surface area contributed by atoms with E-state index in [1.165, 1.54) is 0 Å². The van der Waals surface area contributed by atoms with Crippen LogP contribution in [0.2, 0.25) is 0 Å². The van der Waals surface area contributed by atoms with Crippen molar-refractivity contribution >= 4 is 5.91 Å². The largest absolute Gasteiger partial charge is 0.390 e. The molecular formula is C19H34N2O2. The lowest BCUT2D eigenvalue weighted by molar-refractivity contribution is -0.130. The zero-order valence-electron chi connectivity index (χ0n) is 15.5. The molecule has 1 aliphatic heterocycles. The third-order valence-corrected chi connectivity index (χ3v) is 4.77. The smallest absolute Gasteiger partial charge is 0.253 e. The first-order valence-corrected chi connectivity index (χ1v) is 8.97. The molecule has 1 N–H and O–H groups in total. The predicted molar refractivity (Wildman–Crippen MR) is 96.3 cm³/mol. The van der Waals surface area contributed by atoms with E-state index in [-0.39, 0.29) is 11.9 Å². The number of amides is 1. The van der Waals surface area contributed by atoms with E-state index in [0.29, 0.717) is 24.6 Å². The number of allylic oxidation sites excluding steroid dienone is 2. The van der Waals surface area contributed by atoms with Crippen molar-refractivity contribution in [3.63, 3.8) is 0 Å². The van der Waals surface area contributed by atoms with E-state index in [9.17, 15) is 9.90 Å². The standard InChI is InChI=1S/C19H34N2O2/c1-6-10-16(8-3)19(23)21-14-18(22)13-20(9-4)12-17(21)11-15(5)7-2/h6,8,10,15,17-18,22H,7,9,11-14H2,1-5H3/b10-6-,16-8+/t15?,17?,18-/m1/s1. The van der Waals surface area contributed by atoms with Gasteiger partial charge in [0.1, 0.15) is 0 Å². The van der Waals surface area contributed by atoms with Gasteiger partial charge in [0, 0.05) is 31.2 Å². The first-order valence-electron chi connectivity index (χ1n) is 8.97. The van der Waals surface area contributed by atoms with Crippen LogP contribution in [0.4, 0.5) is 0 Å². The Morgan fingerprint density at radius 1 is 1.26 bits per heavy atom. The zero-order valence-corrected chi connectivity index (χ0v) is 15.5. The number of hydrogen-bond acceptors (Lipinski definition) is 3. The summed E-state index contributed by atoms with van der Waals surface area (Å²) in [5.74, 6) is 0.607. The van der Waals surface area contributed by atoms with Gasteiger partial charge in [-0.2, -0.15) is 0 Å². The highest BCUT2D eigenvalue weighted by Crippen LogP contribution is 2.21. The van der Waals surface area contributed by atoms with Gasteiger partial charge in [-0.25, -0.2) is 0 Å². The molecule has 0 spiro atoms. The SMILES string of the molecule is C/C=C\C(=C/C)C(=O)N1C[C@H](O)CN(CC)CC1CC(C)CC. The predicted octanol–water partition coefficient (Wildman–Crippen LogP) is 2.84. The molecule has 1 saturated heterocycles. The molecule has 132 valence electrons. The number of aliphatic hydroxyl groups is 1. The minimum Gasteiger partial charge on any atom is -0.390 e. The number of aliphatic hydroxyl groups excluding tert-OH is 1.